The molecule has 2 rings (SSSR count). The van der Waals surface area contributed by atoms with Gasteiger partial charge >= 0.3 is 0 Å². The van der Waals surface area contributed by atoms with Crippen molar-refractivity contribution in [3.63, 3.8) is 0 Å². The molecule has 16 heavy (non-hydrogen) atoms. The molecular weight excluding hydrogens is 224 g/mol. The highest BCUT2D eigenvalue weighted by Gasteiger charge is 2.06. The lowest BCUT2D eigenvalue weighted by Crippen LogP contribution is -2.01. The molecule has 0 fully saturated rings. The molecule has 1 heterocycles. The predicted octanol–water partition coefficient (Wildman–Crippen LogP) is 2.48. The molecule has 1 aromatic heterocycles. The van der Waals surface area contributed by atoms with Gasteiger partial charge in [0, 0.05) is 36.4 Å². The maximum atomic E-state index is 10.9. The molecule has 0 spiro atoms. The molecule has 4 heteroatoms. The normalized spacial score (nSPS) is 10.4. The van der Waals surface area contributed by atoms with Gasteiger partial charge in [0.05, 0.1) is 0 Å². The minimum Gasteiger partial charge on any atom is -0.338 e. The van der Waals surface area contributed by atoms with E-state index < -0.39 is 0 Å². The summed E-state index contributed by atoms with van der Waals surface area (Å²) >= 11 is 5.91. The van der Waals surface area contributed by atoms with E-state index in [-0.39, 0.29) is 0 Å². The fourth-order valence-electron chi connectivity index (χ4n) is 1.58. The van der Waals surface area contributed by atoms with E-state index in [2.05, 4.69) is 4.98 Å². The van der Waals surface area contributed by atoms with Gasteiger partial charge in [-0.3, -0.25) is 4.79 Å². The zero-order valence-corrected chi connectivity index (χ0v) is 9.61. The molecule has 0 aliphatic heterocycles. The van der Waals surface area contributed by atoms with E-state index in [1.807, 2.05) is 17.8 Å². The molecule has 2 aromatic rings. The molecular formula is C12H11ClN2O. The van der Waals surface area contributed by atoms with Crippen molar-refractivity contribution < 1.29 is 4.79 Å². The first-order chi connectivity index (χ1) is 7.70. The topological polar surface area (TPSA) is 34.9 Å². The number of carbonyl (C=O) groups excluding carboxylic acids is 1. The van der Waals surface area contributed by atoms with Crippen molar-refractivity contribution in [1.29, 1.82) is 0 Å². The van der Waals surface area contributed by atoms with Crippen LogP contribution in [0.2, 0.25) is 5.02 Å². The van der Waals surface area contributed by atoms with E-state index in [0.29, 0.717) is 17.0 Å². The third kappa shape index (κ3) is 2.14. The Morgan fingerprint density at radius 1 is 1.50 bits per heavy atom. The number of aryl methyl sites for hydroxylation is 1. The van der Waals surface area contributed by atoms with Crippen molar-refractivity contribution in [1.82, 2.24) is 9.55 Å². The van der Waals surface area contributed by atoms with Crippen molar-refractivity contribution in [3.05, 3.63) is 52.6 Å². The lowest BCUT2D eigenvalue weighted by molar-refractivity contribution is 0.112. The first kappa shape index (κ1) is 10.9. The van der Waals surface area contributed by atoms with Crippen LogP contribution in [0.3, 0.4) is 0 Å². The summed E-state index contributed by atoms with van der Waals surface area (Å²) in [6.07, 6.45) is 5.06. The number of benzene rings is 1. The largest absolute Gasteiger partial charge is 0.338 e. The van der Waals surface area contributed by atoms with Crippen LogP contribution in [0.25, 0.3) is 0 Å². The summed E-state index contributed by atoms with van der Waals surface area (Å²) in [5.74, 6) is 0.908. The summed E-state index contributed by atoms with van der Waals surface area (Å²) in [5, 5.41) is 0.634. The Hall–Kier alpha value is -1.61. The summed E-state index contributed by atoms with van der Waals surface area (Å²) in [6.45, 7) is 0. The van der Waals surface area contributed by atoms with Crippen molar-refractivity contribution >= 4 is 17.9 Å². The highest BCUT2D eigenvalue weighted by molar-refractivity contribution is 6.30. The molecule has 0 bridgehead atoms. The van der Waals surface area contributed by atoms with Gasteiger partial charge in [0.1, 0.15) is 12.1 Å². The molecule has 1 aromatic carbocycles. The Morgan fingerprint density at radius 3 is 2.94 bits per heavy atom. The zero-order valence-electron chi connectivity index (χ0n) is 8.85. The van der Waals surface area contributed by atoms with E-state index >= 15 is 0 Å². The number of imidazole rings is 1. The summed E-state index contributed by atoms with van der Waals surface area (Å²) in [7, 11) is 1.92. The minimum absolute atomic E-state index is 0.609. The average molecular weight is 235 g/mol. The Labute approximate surface area is 98.7 Å². The Morgan fingerprint density at radius 2 is 2.31 bits per heavy atom. The fourth-order valence-corrected chi connectivity index (χ4v) is 1.77. The SMILES string of the molecule is Cn1ccnc1Cc1cc(Cl)ccc1C=O. The number of hydrogen-bond acceptors (Lipinski definition) is 2. The highest BCUT2D eigenvalue weighted by atomic mass is 35.5. The lowest BCUT2D eigenvalue weighted by Gasteiger charge is -2.05. The third-order valence-corrected chi connectivity index (χ3v) is 2.74. The number of halogens is 1. The standard InChI is InChI=1S/C12H11ClN2O/c1-15-5-4-14-12(15)7-10-6-11(13)3-2-9(10)8-16/h2-6,8H,7H2,1H3. The van der Waals surface area contributed by atoms with Gasteiger partial charge in [0.25, 0.3) is 0 Å². The summed E-state index contributed by atoms with van der Waals surface area (Å²) < 4.78 is 1.93. The molecule has 82 valence electrons. The molecule has 0 saturated carbocycles. The Bertz CT molecular complexity index is 519. The number of aromatic nitrogens is 2. The van der Waals surface area contributed by atoms with Crippen LogP contribution in [-0.4, -0.2) is 15.8 Å². The van der Waals surface area contributed by atoms with E-state index in [9.17, 15) is 4.79 Å². The molecule has 0 radical (unpaired) electrons. The van der Waals surface area contributed by atoms with Crippen LogP contribution < -0.4 is 0 Å². The second kappa shape index (κ2) is 4.49. The van der Waals surface area contributed by atoms with E-state index in [1.165, 1.54) is 0 Å². The highest BCUT2D eigenvalue weighted by Crippen LogP contribution is 2.17. The summed E-state index contributed by atoms with van der Waals surface area (Å²) in [4.78, 5) is 15.1. The zero-order chi connectivity index (χ0) is 11.5. The number of nitrogens with zero attached hydrogens (tertiary/aromatic N) is 2. The maximum absolute atomic E-state index is 10.9. The van der Waals surface area contributed by atoms with Gasteiger partial charge in [-0.25, -0.2) is 4.98 Å². The number of carbonyl (C=O) groups is 1. The van der Waals surface area contributed by atoms with E-state index in [0.717, 1.165) is 17.7 Å². The third-order valence-electron chi connectivity index (χ3n) is 2.50. The molecule has 0 unspecified atom stereocenters. The van der Waals surface area contributed by atoms with Crippen LogP contribution >= 0.6 is 11.6 Å². The monoisotopic (exact) mass is 234 g/mol. The lowest BCUT2D eigenvalue weighted by atomic mass is 10.1. The van der Waals surface area contributed by atoms with Crippen molar-refractivity contribution in [2.24, 2.45) is 7.05 Å². The number of hydrogen-bond donors (Lipinski definition) is 0. The second-order valence-corrected chi connectivity index (χ2v) is 4.03. The fraction of sp³-hybridized carbons (Fsp3) is 0.167. The van der Waals surface area contributed by atoms with Gasteiger partial charge in [0.15, 0.2) is 0 Å². The molecule has 0 N–H and O–H groups in total. The summed E-state index contributed by atoms with van der Waals surface area (Å²) in [5.41, 5.74) is 1.56. The smallest absolute Gasteiger partial charge is 0.150 e. The van der Waals surface area contributed by atoms with Crippen molar-refractivity contribution in [2.45, 2.75) is 6.42 Å². The molecule has 0 aliphatic rings. The summed E-state index contributed by atoms with van der Waals surface area (Å²) in [6, 6.07) is 5.25. The Balaban J connectivity index is 2.37. The van der Waals surface area contributed by atoms with Crippen LogP contribution in [0.1, 0.15) is 21.7 Å². The molecule has 0 saturated heterocycles. The molecule has 0 aliphatic carbocycles. The number of aldehydes is 1. The first-order valence-electron chi connectivity index (χ1n) is 4.90. The quantitative estimate of drug-likeness (QED) is 0.765. The predicted molar refractivity (Wildman–Crippen MR) is 62.9 cm³/mol. The van der Waals surface area contributed by atoms with Gasteiger partial charge in [0.2, 0.25) is 0 Å². The van der Waals surface area contributed by atoms with Crippen molar-refractivity contribution in [2.75, 3.05) is 0 Å². The van der Waals surface area contributed by atoms with Gasteiger partial charge in [-0.15, -0.1) is 0 Å². The van der Waals surface area contributed by atoms with Gasteiger partial charge in [-0.05, 0) is 23.8 Å². The van der Waals surface area contributed by atoms with Crippen LogP contribution in [0.15, 0.2) is 30.6 Å². The minimum atomic E-state index is 0.609. The second-order valence-electron chi connectivity index (χ2n) is 3.59. The van der Waals surface area contributed by atoms with Gasteiger partial charge in [-0.1, -0.05) is 11.6 Å². The maximum Gasteiger partial charge on any atom is 0.150 e. The molecule has 3 nitrogen and oxygen atoms in total. The molecule has 0 amide bonds. The van der Waals surface area contributed by atoms with Gasteiger partial charge < -0.3 is 4.57 Å². The molecule has 0 atom stereocenters. The van der Waals surface area contributed by atoms with E-state index in [1.54, 1.807) is 24.4 Å². The van der Waals surface area contributed by atoms with Gasteiger partial charge in [-0.2, -0.15) is 0 Å². The van der Waals surface area contributed by atoms with Crippen LogP contribution in [0.4, 0.5) is 0 Å². The van der Waals surface area contributed by atoms with Crippen LogP contribution in [0, 0.1) is 0 Å². The van der Waals surface area contributed by atoms with Crippen LogP contribution in [0.5, 0.6) is 0 Å². The van der Waals surface area contributed by atoms with Crippen molar-refractivity contribution in [3.8, 4) is 0 Å². The van der Waals surface area contributed by atoms with Crippen LogP contribution in [-0.2, 0) is 13.5 Å². The Kier molecular flexibility index (Phi) is 3.06. The van der Waals surface area contributed by atoms with E-state index in [4.69, 9.17) is 11.6 Å². The number of rotatable bonds is 3. The average Bonchev–Trinajstić information content (AvgIpc) is 2.65. The first-order valence-corrected chi connectivity index (χ1v) is 5.28.